The number of hydroxylamine groups is 1. The number of hydrogen-bond acceptors (Lipinski definition) is 3. The molecule has 0 aliphatic heterocycles. The molecule has 1 saturated carbocycles. The van der Waals surface area contributed by atoms with Gasteiger partial charge in [-0.3, -0.25) is 14.8 Å². The zero-order chi connectivity index (χ0) is 14.5. The Morgan fingerprint density at radius 3 is 2.35 bits per heavy atom. The Balaban J connectivity index is 1.96. The summed E-state index contributed by atoms with van der Waals surface area (Å²) in [7, 11) is 0. The van der Waals surface area contributed by atoms with Crippen molar-refractivity contribution in [2.45, 2.75) is 38.6 Å². The molecule has 0 saturated heterocycles. The van der Waals surface area contributed by atoms with E-state index >= 15 is 0 Å². The van der Waals surface area contributed by atoms with Crippen LogP contribution in [-0.2, 0) is 4.79 Å². The first kappa shape index (κ1) is 14.5. The van der Waals surface area contributed by atoms with Crippen molar-refractivity contribution in [3.8, 4) is 0 Å². The van der Waals surface area contributed by atoms with Crippen molar-refractivity contribution in [2.75, 3.05) is 0 Å². The van der Waals surface area contributed by atoms with Gasteiger partial charge >= 0.3 is 0 Å². The molecule has 20 heavy (non-hydrogen) atoms. The average Bonchev–Trinajstić information content (AvgIpc) is 3.01. The maximum atomic E-state index is 12.0. The molecule has 1 unspecified atom stereocenters. The highest BCUT2D eigenvalue weighted by atomic mass is 16.5. The second-order valence-electron chi connectivity index (χ2n) is 5.27. The van der Waals surface area contributed by atoms with Crippen molar-refractivity contribution in [1.82, 2.24) is 10.8 Å². The Morgan fingerprint density at radius 2 is 1.80 bits per heavy atom. The molecule has 1 aliphatic rings. The van der Waals surface area contributed by atoms with E-state index in [9.17, 15) is 9.59 Å². The Labute approximate surface area is 118 Å². The number of nitrogens with one attached hydrogen (secondary N) is 2. The van der Waals surface area contributed by atoms with Crippen molar-refractivity contribution in [3.63, 3.8) is 0 Å². The second-order valence-corrected chi connectivity index (χ2v) is 5.27. The molecule has 5 nitrogen and oxygen atoms in total. The summed E-state index contributed by atoms with van der Waals surface area (Å²) in [6, 6.07) is 6.72. The zero-order valence-corrected chi connectivity index (χ0v) is 11.6. The Bertz CT molecular complexity index is 478. The van der Waals surface area contributed by atoms with E-state index < -0.39 is 5.91 Å². The molecular weight excluding hydrogens is 256 g/mol. The number of rotatable bonds is 4. The van der Waals surface area contributed by atoms with Crippen LogP contribution < -0.4 is 10.8 Å². The maximum Gasteiger partial charge on any atom is 0.274 e. The van der Waals surface area contributed by atoms with E-state index in [0.717, 1.165) is 31.2 Å². The molecule has 0 radical (unpaired) electrons. The lowest BCUT2D eigenvalue weighted by molar-refractivity contribution is -0.125. The van der Waals surface area contributed by atoms with E-state index in [-0.39, 0.29) is 17.9 Å². The van der Waals surface area contributed by atoms with Gasteiger partial charge in [-0.05, 0) is 37.5 Å². The molecule has 0 aromatic heterocycles. The normalized spacial score (nSPS) is 16.7. The topological polar surface area (TPSA) is 78.4 Å². The van der Waals surface area contributed by atoms with Crippen LogP contribution in [0.3, 0.4) is 0 Å². The molecule has 2 rings (SSSR count). The second kappa shape index (κ2) is 6.52. The molecule has 0 bridgehead atoms. The summed E-state index contributed by atoms with van der Waals surface area (Å²) < 4.78 is 0. The standard InChI is InChI=1S/C15H20N2O3/c1-10(16-14(18)12-4-2-3-5-12)11-6-8-13(9-7-11)15(19)17-20/h6-10,12,20H,2-5H2,1H3,(H,16,18)(H,17,19). The van der Waals surface area contributed by atoms with Gasteiger partial charge in [0.2, 0.25) is 5.91 Å². The number of amides is 2. The summed E-state index contributed by atoms with van der Waals surface area (Å²) >= 11 is 0. The monoisotopic (exact) mass is 276 g/mol. The van der Waals surface area contributed by atoms with Crippen LogP contribution in [-0.4, -0.2) is 17.0 Å². The van der Waals surface area contributed by atoms with Gasteiger partial charge in [-0.15, -0.1) is 0 Å². The van der Waals surface area contributed by atoms with Gasteiger partial charge in [-0.25, -0.2) is 5.48 Å². The Morgan fingerprint density at radius 1 is 1.20 bits per heavy atom. The summed E-state index contributed by atoms with van der Waals surface area (Å²) in [5.41, 5.74) is 2.91. The van der Waals surface area contributed by atoms with Crippen LogP contribution in [0.1, 0.15) is 54.6 Å². The quantitative estimate of drug-likeness (QED) is 0.582. The van der Waals surface area contributed by atoms with Gasteiger partial charge in [-0.2, -0.15) is 0 Å². The molecule has 0 spiro atoms. The molecule has 1 aromatic rings. The van der Waals surface area contributed by atoms with E-state index in [1.165, 1.54) is 0 Å². The first-order valence-corrected chi connectivity index (χ1v) is 6.96. The maximum absolute atomic E-state index is 12.0. The van der Waals surface area contributed by atoms with Crippen LogP contribution in [0.25, 0.3) is 0 Å². The van der Waals surface area contributed by atoms with Crippen molar-refractivity contribution in [1.29, 1.82) is 0 Å². The fourth-order valence-corrected chi connectivity index (χ4v) is 2.59. The molecule has 1 fully saturated rings. The predicted octanol–water partition coefficient (Wildman–Crippen LogP) is 2.17. The fourth-order valence-electron chi connectivity index (χ4n) is 2.59. The number of hydrogen-bond donors (Lipinski definition) is 3. The van der Waals surface area contributed by atoms with Gasteiger partial charge < -0.3 is 5.32 Å². The molecular formula is C15H20N2O3. The van der Waals surface area contributed by atoms with Gasteiger partial charge in [0, 0.05) is 11.5 Å². The minimum Gasteiger partial charge on any atom is -0.349 e. The summed E-state index contributed by atoms with van der Waals surface area (Å²) in [5.74, 6) is -0.275. The van der Waals surface area contributed by atoms with Crippen LogP contribution in [0.5, 0.6) is 0 Å². The largest absolute Gasteiger partial charge is 0.349 e. The van der Waals surface area contributed by atoms with Gasteiger partial charge in [0.25, 0.3) is 5.91 Å². The number of carbonyl (C=O) groups excluding carboxylic acids is 2. The Kier molecular flexibility index (Phi) is 4.74. The fraction of sp³-hybridized carbons (Fsp3) is 0.467. The zero-order valence-electron chi connectivity index (χ0n) is 11.6. The molecule has 108 valence electrons. The third-order valence-corrected chi connectivity index (χ3v) is 3.86. The highest BCUT2D eigenvalue weighted by Crippen LogP contribution is 2.25. The number of carbonyl (C=O) groups is 2. The van der Waals surface area contributed by atoms with Crippen molar-refractivity contribution < 1.29 is 14.8 Å². The molecule has 2 amide bonds. The van der Waals surface area contributed by atoms with Crippen LogP contribution in [0.4, 0.5) is 0 Å². The molecule has 1 aromatic carbocycles. The Hall–Kier alpha value is -1.88. The molecule has 5 heteroatoms. The van der Waals surface area contributed by atoms with Crippen molar-refractivity contribution in [2.24, 2.45) is 5.92 Å². The molecule has 3 N–H and O–H groups in total. The lowest BCUT2D eigenvalue weighted by Crippen LogP contribution is -2.31. The lowest BCUT2D eigenvalue weighted by atomic mass is 10.0. The predicted molar refractivity (Wildman–Crippen MR) is 74.2 cm³/mol. The highest BCUT2D eigenvalue weighted by molar-refractivity contribution is 5.93. The van der Waals surface area contributed by atoms with E-state index in [1.807, 2.05) is 6.92 Å². The van der Waals surface area contributed by atoms with Crippen LogP contribution in [0.2, 0.25) is 0 Å². The summed E-state index contributed by atoms with van der Waals surface area (Å²) in [5, 5.41) is 11.6. The van der Waals surface area contributed by atoms with E-state index in [2.05, 4.69) is 5.32 Å². The summed E-state index contributed by atoms with van der Waals surface area (Å²) in [4.78, 5) is 23.3. The van der Waals surface area contributed by atoms with Crippen LogP contribution >= 0.6 is 0 Å². The molecule has 1 atom stereocenters. The van der Waals surface area contributed by atoms with E-state index in [1.54, 1.807) is 29.7 Å². The molecule has 1 aliphatic carbocycles. The third-order valence-electron chi connectivity index (χ3n) is 3.86. The van der Waals surface area contributed by atoms with Crippen LogP contribution in [0.15, 0.2) is 24.3 Å². The van der Waals surface area contributed by atoms with E-state index in [4.69, 9.17) is 5.21 Å². The molecule has 0 heterocycles. The van der Waals surface area contributed by atoms with Gasteiger partial charge in [-0.1, -0.05) is 25.0 Å². The smallest absolute Gasteiger partial charge is 0.274 e. The lowest BCUT2D eigenvalue weighted by Gasteiger charge is -2.17. The minimum atomic E-state index is -0.542. The first-order valence-electron chi connectivity index (χ1n) is 6.96. The average molecular weight is 276 g/mol. The van der Waals surface area contributed by atoms with Gasteiger partial charge in [0.05, 0.1) is 6.04 Å². The van der Waals surface area contributed by atoms with Crippen molar-refractivity contribution in [3.05, 3.63) is 35.4 Å². The summed E-state index contributed by atoms with van der Waals surface area (Å²) in [6.07, 6.45) is 4.23. The first-order chi connectivity index (χ1) is 9.61. The minimum absolute atomic E-state index is 0.0886. The SMILES string of the molecule is CC(NC(=O)C1CCCC1)c1ccc(C(=O)NO)cc1. The number of benzene rings is 1. The highest BCUT2D eigenvalue weighted by Gasteiger charge is 2.23. The van der Waals surface area contributed by atoms with Crippen molar-refractivity contribution >= 4 is 11.8 Å². The van der Waals surface area contributed by atoms with Crippen LogP contribution in [0, 0.1) is 5.92 Å². The van der Waals surface area contributed by atoms with Gasteiger partial charge in [0.15, 0.2) is 0 Å². The summed E-state index contributed by atoms with van der Waals surface area (Å²) in [6.45, 7) is 1.92. The van der Waals surface area contributed by atoms with E-state index in [0.29, 0.717) is 5.56 Å². The van der Waals surface area contributed by atoms with Gasteiger partial charge in [0.1, 0.15) is 0 Å². The third kappa shape index (κ3) is 3.36.